The summed E-state index contributed by atoms with van der Waals surface area (Å²) in [7, 11) is 9.75. The first kappa shape index (κ1) is 126. The zero-order chi connectivity index (χ0) is 89.8. The Morgan fingerprint density at radius 1 is 0.400 bits per heavy atom. The second-order valence-corrected chi connectivity index (χ2v) is 30.8. The second-order valence-electron chi connectivity index (χ2n) is 27.5. The number of carbonyl (C=O) groups is 1. The van der Waals surface area contributed by atoms with Crippen molar-refractivity contribution in [2.24, 2.45) is 5.41 Å². The summed E-state index contributed by atoms with van der Waals surface area (Å²) in [6.07, 6.45) is 11.6. The summed E-state index contributed by atoms with van der Waals surface area (Å²) in [4.78, 5) is 38.6. The zero-order valence-electron chi connectivity index (χ0n) is 70.2. The monoisotopic (exact) mass is 2970 g/mol. The maximum absolute atomic E-state index is 12.2. The van der Waals surface area contributed by atoms with E-state index in [2.05, 4.69) is 188 Å². The number of rotatable bonds is 7. The van der Waals surface area contributed by atoms with E-state index in [0.717, 1.165) is 97.5 Å². The predicted molar refractivity (Wildman–Crippen MR) is 485 cm³/mol. The van der Waals surface area contributed by atoms with Crippen molar-refractivity contribution in [1.82, 2.24) is 137 Å². The number of carboxylic acid groups (broad SMARTS) is 1. The minimum absolute atomic E-state index is 0. The summed E-state index contributed by atoms with van der Waals surface area (Å²) < 4.78 is 73.2. The van der Waals surface area contributed by atoms with Gasteiger partial charge in [-0.3, -0.25) is 29.9 Å². The maximum Gasteiger partial charge on any atom is 2.00 e. The van der Waals surface area contributed by atoms with Crippen molar-refractivity contribution in [3.63, 3.8) is 0 Å². The van der Waals surface area contributed by atoms with Crippen LogP contribution in [0.4, 0.5) is 26.3 Å². The molecule has 2 aliphatic carbocycles. The van der Waals surface area contributed by atoms with Gasteiger partial charge in [-0.05, 0) is 161 Å². The molecule has 18 aromatic rings. The summed E-state index contributed by atoms with van der Waals surface area (Å²) in [5.74, 6) is -0.441. The fourth-order valence-electron chi connectivity index (χ4n) is 12.1. The molecule has 0 amide bonds. The number of aryl methyl sites for hydroxylation is 7. The number of fused-ring (bicyclic) bond motifs is 6. The molecule has 1 aromatic carbocycles. The summed E-state index contributed by atoms with van der Waals surface area (Å²) in [5.41, 5.74) is 16.0. The van der Waals surface area contributed by atoms with Crippen LogP contribution in [0.2, 0.25) is 0 Å². The van der Waals surface area contributed by atoms with E-state index in [1.54, 1.807) is 104 Å². The predicted octanol–water partition coefficient (Wildman–Crippen LogP) is 19.6. The van der Waals surface area contributed by atoms with Gasteiger partial charge in [-0.25, -0.2) is 9.78 Å². The van der Waals surface area contributed by atoms with Crippen LogP contribution in [0.15, 0.2) is 262 Å². The number of aromatic carboxylic acids is 1. The third kappa shape index (κ3) is 39.2. The van der Waals surface area contributed by atoms with Crippen LogP contribution in [0.1, 0.15) is 150 Å². The SMILES string of the molecule is C.C.C.C.C.CC12CCC(c3c1n[n-]c3-c1nccc3ccccc13)C2(C)C.Cc1cc(-c2ccccn2)[n-]n1.Cc1cc(-c2ccccn2)[n-]n1.Cc1cc(-c2ccccn2)[n-]n1.Cc1cc(C)[n-]n1.Cc1cc(C)[n-]n1.FC(F)(F)c1cc(-c2ccccn2)[n-]n1.FC(F)(F)c1cc(-c2ccccn2)[n-]n1.O=C(O)c1ccccn1.[Cl][Pt][Cl].[Pt+2].[Pt+2].[Pt+2].[Pt+2].[Pt].c1cn[n-]c1.c1cn[n-]c1. The molecule has 732 valence electrons. The summed E-state index contributed by atoms with van der Waals surface area (Å²) in [5, 5.41) is 85.5. The average molecular weight is 2970 g/mol. The molecule has 1 N–H and O–H groups in total. The van der Waals surface area contributed by atoms with E-state index in [-0.39, 0.29) is 170 Å². The van der Waals surface area contributed by atoms with Gasteiger partial charge < -0.3 is 107 Å². The smallest absolute Gasteiger partial charge is 0.582 e. The van der Waals surface area contributed by atoms with E-state index >= 15 is 0 Å². The van der Waals surface area contributed by atoms with Gasteiger partial charge in [0.25, 0.3) is 0 Å². The molecule has 0 saturated heterocycles. The molecule has 43 heteroatoms. The molecule has 20 rings (SSSR count). The van der Waals surface area contributed by atoms with Crippen LogP contribution < -0.4 is 51.0 Å². The van der Waals surface area contributed by atoms with Crippen molar-refractivity contribution in [2.75, 3.05) is 0 Å². The molecule has 1 saturated carbocycles. The normalized spacial score (nSPS) is 12.3. The van der Waals surface area contributed by atoms with Crippen molar-refractivity contribution in [1.29, 1.82) is 0 Å². The standard InChI is InChI=1S/C20H20N3.2C9H5F3N3.3C9H8N3.C6H5NO2.2C5H7N2.2C3H3N2.5CH4.2ClH.6Pt/c1-19(2)14-8-10-20(19,3)18-15(14)17(22-23-18)16-13-7-5-4-6-12(13)9-11-21-16;2*10-9(11,12)8-5-7(14-15-8)6-3-1-2-4-13-6;3*1-7-6-9(12-11-7)8-4-2-3-5-10-8;8-6(9)5-3-1-2-4-7-5;2*1-4-3-5(2)7-6-4;2*1-2-4-5-3-1;;;;;;;;;;;;;/h4-7,9,11,14H,8,10H2,1-3H3;2*1-5H;3*2-6H,1H3;1-4H,(H,8,9);2*3H,1-2H3;2*1-3H;5*1H4;2*1H;;;;;;/q6*-1;;4*-1;;;;;;;;;5*+2/p-2. The Bertz CT molecular complexity index is 5690. The van der Waals surface area contributed by atoms with Crippen molar-refractivity contribution >= 4 is 35.6 Å². The van der Waals surface area contributed by atoms with Gasteiger partial charge in [-0.1, -0.05) is 209 Å². The number of nitrogens with zero attached hydrogens (tertiary/aromatic N) is 27. The Kier molecular flexibility index (Phi) is 59.6. The zero-order valence-corrected chi connectivity index (χ0v) is 85.3. The molecule has 17 aromatic heterocycles. The van der Waals surface area contributed by atoms with E-state index in [4.69, 9.17) is 23.9 Å². The number of aromatic nitrogens is 27. The first-order valence-corrected chi connectivity index (χ1v) is 43.3. The minimum atomic E-state index is -4.46. The van der Waals surface area contributed by atoms with Crippen LogP contribution in [-0.4, -0.2) is 97.0 Å². The first-order chi connectivity index (χ1) is 60.1. The van der Waals surface area contributed by atoms with Crippen molar-refractivity contribution in [3.05, 3.63) is 330 Å². The molecular weight excluding hydrogens is 2870 g/mol. The van der Waals surface area contributed by atoms with Crippen LogP contribution in [0, 0.1) is 53.9 Å². The van der Waals surface area contributed by atoms with E-state index in [1.165, 1.54) is 59.5 Å². The number of hydrogen-bond donors (Lipinski definition) is 1. The van der Waals surface area contributed by atoms with Gasteiger partial charge in [0.15, 0.2) is 0 Å². The average Bonchev–Trinajstić information content (AvgIpc) is 1.52. The van der Waals surface area contributed by atoms with Crippen LogP contribution in [0.5, 0.6) is 0 Å². The van der Waals surface area contributed by atoms with Crippen LogP contribution >= 0.6 is 18.8 Å². The molecule has 2 bridgehead atoms. The molecule has 1 fully saturated rings. The number of benzene rings is 1. The van der Waals surface area contributed by atoms with Crippen LogP contribution in [-0.2, 0) is 140 Å². The largest absolute Gasteiger partial charge is 2.00 e. The molecule has 17 heterocycles. The number of pyridine rings is 7. The van der Waals surface area contributed by atoms with Crippen LogP contribution in [0.25, 0.3) is 79.1 Å². The Labute approximate surface area is 869 Å². The minimum Gasteiger partial charge on any atom is -0.582 e. The Morgan fingerprint density at radius 2 is 0.733 bits per heavy atom. The fraction of sp³-hybridized carbons (Fsp3) is 0.239. The quantitative estimate of drug-likeness (QED) is 0.145. The number of hydrogen-bond acceptors (Lipinski definition) is 18. The molecule has 135 heavy (non-hydrogen) atoms. The van der Waals surface area contributed by atoms with Crippen LogP contribution in [0.3, 0.4) is 0 Å². The summed E-state index contributed by atoms with van der Waals surface area (Å²) >= 11 is -0.472. The molecule has 0 aliphatic heterocycles. The maximum atomic E-state index is 12.2. The van der Waals surface area contributed by atoms with Crippen molar-refractivity contribution in [3.8, 4) is 68.3 Å². The number of halogens is 8. The number of carboxylic acids is 1. The topological polar surface area (TPSA) is 397 Å². The van der Waals surface area contributed by atoms with E-state index < -0.39 is 46.2 Å². The van der Waals surface area contributed by atoms with Gasteiger partial charge in [-0.2, -0.15) is 38.7 Å². The van der Waals surface area contributed by atoms with Gasteiger partial charge in [0.1, 0.15) is 17.1 Å². The fourth-order valence-corrected chi connectivity index (χ4v) is 12.1. The van der Waals surface area contributed by atoms with Gasteiger partial charge in [0.05, 0.1) is 5.69 Å². The summed E-state index contributed by atoms with van der Waals surface area (Å²) in [6.45, 7) is 20.6. The van der Waals surface area contributed by atoms with Gasteiger partial charge in [-0.15, -0.1) is 11.4 Å². The number of alkyl halides is 6. The molecule has 2 atom stereocenters. The van der Waals surface area contributed by atoms with Crippen molar-refractivity contribution in [2.45, 2.75) is 143 Å². The van der Waals surface area contributed by atoms with Gasteiger partial charge in [0, 0.05) is 150 Å². The third-order valence-electron chi connectivity index (χ3n) is 18.2. The molecule has 0 radical (unpaired) electrons. The summed E-state index contributed by atoms with van der Waals surface area (Å²) in [6, 6.07) is 57.2. The molecule has 29 nitrogen and oxygen atoms in total. The van der Waals surface area contributed by atoms with E-state index in [0.29, 0.717) is 17.3 Å². The Hall–Kier alpha value is -10.6. The first-order valence-electron chi connectivity index (χ1n) is 37.7. The molecule has 2 aliphatic rings. The third-order valence-corrected chi connectivity index (χ3v) is 18.2. The Balaban J connectivity index is 0. The van der Waals surface area contributed by atoms with Crippen molar-refractivity contribution < 1.29 is 158 Å². The molecular formula is C92H99Cl2F6N27O2Pt6-2. The van der Waals surface area contributed by atoms with Gasteiger partial charge in [0.2, 0.25) is 0 Å². The van der Waals surface area contributed by atoms with E-state index in [1.807, 2.05) is 140 Å². The second kappa shape index (κ2) is 63.7. The molecule has 2 unspecified atom stereocenters. The molecule has 0 spiro atoms. The Morgan fingerprint density at radius 3 is 0.993 bits per heavy atom. The van der Waals surface area contributed by atoms with Gasteiger partial charge >= 0.3 is 138 Å². The van der Waals surface area contributed by atoms with E-state index in [9.17, 15) is 31.1 Å².